The number of pyridine rings is 1. The van der Waals surface area contributed by atoms with Crippen LogP contribution >= 0.6 is 0 Å². The molecule has 2 aromatic heterocycles. The molecule has 26 heavy (non-hydrogen) atoms. The second-order valence-corrected chi connectivity index (χ2v) is 7.83. The second-order valence-electron chi connectivity index (χ2n) is 7.83. The van der Waals surface area contributed by atoms with Gasteiger partial charge in [0.15, 0.2) is 0 Å². The van der Waals surface area contributed by atoms with Crippen molar-refractivity contribution in [2.75, 3.05) is 26.3 Å². The van der Waals surface area contributed by atoms with Crippen molar-refractivity contribution in [2.24, 2.45) is 13.0 Å². The Bertz CT molecular complexity index is 727. The average molecular weight is 354 g/mol. The summed E-state index contributed by atoms with van der Waals surface area (Å²) in [6.07, 6.45) is 10.1. The van der Waals surface area contributed by atoms with Gasteiger partial charge in [0.05, 0.1) is 17.6 Å². The molecule has 0 aliphatic carbocycles. The lowest BCUT2D eigenvalue weighted by Crippen LogP contribution is -2.44. The van der Waals surface area contributed by atoms with Crippen molar-refractivity contribution < 1.29 is 4.74 Å². The normalized spacial score (nSPS) is 20.5. The van der Waals surface area contributed by atoms with Crippen molar-refractivity contribution in [1.82, 2.24) is 19.4 Å². The van der Waals surface area contributed by atoms with Gasteiger partial charge in [-0.05, 0) is 75.7 Å². The average Bonchev–Trinajstić information content (AvgIpc) is 3.02. The molecule has 2 aliphatic rings. The standard InChI is InChI=1S/C21H30N4O/c1-16-23-15-21(24(16)2)20-14-18(3-8-22-20)13-17-4-9-25(10-5-17)19-6-11-26-12-7-19/h3,8,14-15,17,19H,4-7,9-13H2,1-2H3. The van der Waals surface area contributed by atoms with E-state index < -0.39 is 0 Å². The monoisotopic (exact) mass is 354 g/mol. The lowest BCUT2D eigenvalue weighted by molar-refractivity contribution is 0.0211. The Labute approximate surface area is 156 Å². The van der Waals surface area contributed by atoms with Crippen LogP contribution in [-0.4, -0.2) is 51.8 Å². The van der Waals surface area contributed by atoms with Crippen molar-refractivity contribution in [1.29, 1.82) is 0 Å². The molecule has 140 valence electrons. The van der Waals surface area contributed by atoms with E-state index in [0.717, 1.165) is 48.8 Å². The molecule has 0 saturated carbocycles. The predicted molar refractivity (Wildman–Crippen MR) is 103 cm³/mol. The summed E-state index contributed by atoms with van der Waals surface area (Å²) < 4.78 is 7.62. The molecular weight excluding hydrogens is 324 g/mol. The van der Waals surface area contributed by atoms with Crippen LogP contribution in [0.5, 0.6) is 0 Å². The first-order chi connectivity index (χ1) is 12.7. The minimum atomic E-state index is 0.755. The van der Waals surface area contributed by atoms with Crippen LogP contribution in [0.25, 0.3) is 11.4 Å². The molecule has 2 fully saturated rings. The third-order valence-corrected chi connectivity index (χ3v) is 6.19. The number of aromatic nitrogens is 3. The summed E-state index contributed by atoms with van der Waals surface area (Å²) in [7, 11) is 2.05. The molecule has 2 aromatic rings. The van der Waals surface area contributed by atoms with E-state index in [-0.39, 0.29) is 0 Å². The van der Waals surface area contributed by atoms with Crippen LogP contribution in [0, 0.1) is 12.8 Å². The molecule has 2 saturated heterocycles. The van der Waals surface area contributed by atoms with Gasteiger partial charge in [0.25, 0.3) is 0 Å². The van der Waals surface area contributed by atoms with Gasteiger partial charge in [-0.2, -0.15) is 0 Å². The van der Waals surface area contributed by atoms with Crippen LogP contribution in [0.15, 0.2) is 24.5 Å². The van der Waals surface area contributed by atoms with E-state index in [1.165, 1.54) is 44.3 Å². The van der Waals surface area contributed by atoms with Gasteiger partial charge in [0.2, 0.25) is 0 Å². The highest BCUT2D eigenvalue weighted by Crippen LogP contribution is 2.27. The van der Waals surface area contributed by atoms with Crippen LogP contribution in [0.2, 0.25) is 0 Å². The highest BCUT2D eigenvalue weighted by Gasteiger charge is 2.26. The number of likely N-dealkylation sites (tertiary alicyclic amines) is 1. The van der Waals surface area contributed by atoms with Crippen LogP contribution in [0.1, 0.15) is 37.1 Å². The van der Waals surface area contributed by atoms with Gasteiger partial charge in [-0.15, -0.1) is 0 Å². The third-order valence-electron chi connectivity index (χ3n) is 6.19. The highest BCUT2D eigenvalue weighted by atomic mass is 16.5. The number of nitrogens with zero attached hydrogens (tertiary/aromatic N) is 4. The van der Waals surface area contributed by atoms with Crippen molar-refractivity contribution in [2.45, 2.75) is 45.1 Å². The molecule has 0 aromatic carbocycles. The zero-order valence-electron chi connectivity index (χ0n) is 16.0. The highest BCUT2D eigenvalue weighted by molar-refractivity contribution is 5.55. The van der Waals surface area contributed by atoms with Crippen LogP contribution in [0.3, 0.4) is 0 Å². The Morgan fingerprint density at radius 1 is 1.12 bits per heavy atom. The number of imidazole rings is 1. The minimum Gasteiger partial charge on any atom is -0.381 e. The lowest BCUT2D eigenvalue weighted by atomic mass is 9.89. The van der Waals surface area contributed by atoms with E-state index in [0.29, 0.717) is 0 Å². The fourth-order valence-corrected chi connectivity index (χ4v) is 4.39. The van der Waals surface area contributed by atoms with Crippen LogP contribution in [-0.2, 0) is 18.2 Å². The zero-order valence-corrected chi connectivity index (χ0v) is 16.0. The van der Waals surface area contributed by atoms with E-state index >= 15 is 0 Å². The summed E-state index contributed by atoms with van der Waals surface area (Å²) in [6.45, 7) is 6.40. The van der Waals surface area contributed by atoms with Gasteiger partial charge >= 0.3 is 0 Å². The van der Waals surface area contributed by atoms with E-state index in [1.807, 2.05) is 19.3 Å². The molecule has 5 nitrogen and oxygen atoms in total. The number of ether oxygens (including phenoxy) is 1. The first-order valence-corrected chi connectivity index (χ1v) is 9.96. The van der Waals surface area contributed by atoms with E-state index in [9.17, 15) is 0 Å². The molecule has 4 rings (SSSR count). The van der Waals surface area contributed by atoms with E-state index in [1.54, 1.807) is 0 Å². The number of hydrogen-bond acceptors (Lipinski definition) is 4. The number of piperidine rings is 1. The molecule has 0 amide bonds. The smallest absolute Gasteiger partial charge is 0.105 e. The Kier molecular flexibility index (Phi) is 5.36. The molecule has 5 heteroatoms. The summed E-state index contributed by atoms with van der Waals surface area (Å²) in [6, 6.07) is 5.18. The largest absolute Gasteiger partial charge is 0.381 e. The van der Waals surface area contributed by atoms with Crippen molar-refractivity contribution in [3.05, 3.63) is 35.9 Å². The molecule has 2 aliphatic heterocycles. The molecule has 0 spiro atoms. The fourth-order valence-electron chi connectivity index (χ4n) is 4.39. The summed E-state index contributed by atoms with van der Waals surface area (Å²) in [5.74, 6) is 1.81. The van der Waals surface area contributed by atoms with Gasteiger partial charge in [0, 0.05) is 32.5 Å². The quantitative estimate of drug-likeness (QED) is 0.845. The van der Waals surface area contributed by atoms with Gasteiger partial charge in [-0.25, -0.2) is 4.98 Å². The van der Waals surface area contributed by atoms with E-state index in [2.05, 4.69) is 38.6 Å². The summed E-state index contributed by atoms with van der Waals surface area (Å²) in [4.78, 5) is 11.7. The van der Waals surface area contributed by atoms with E-state index in [4.69, 9.17) is 4.74 Å². The number of rotatable bonds is 4. The molecule has 0 atom stereocenters. The zero-order chi connectivity index (χ0) is 17.9. The molecule has 0 bridgehead atoms. The molecule has 4 heterocycles. The summed E-state index contributed by atoms with van der Waals surface area (Å²) in [5, 5.41) is 0. The molecular formula is C21H30N4O. The number of aryl methyl sites for hydroxylation is 1. The minimum absolute atomic E-state index is 0.755. The Balaban J connectivity index is 1.36. The molecule has 0 unspecified atom stereocenters. The lowest BCUT2D eigenvalue weighted by Gasteiger charge is -2.39. The number of hydrogen-bond donors (Lipinski definition) is 0. The summed E-state index contributed by atoms with van der Waals surface area (Å²) in [5.41, 5.74) is 3.53. The maximum absolute atomic E-state index is 5.51. The first-order valence-electron chi connectivity index (χ1n) is 9.96. The van der Waals surface area contributed by atoms with Gasteiger partial charge in [-0.1, -0.05) is 0 Å². The van der Waals surface area contributed by atoms with Crippen molar-refractivity contribution in [3.63, 3.8) is 0 Å². The topological polar surface area (TPSA) is 43.2 Å². The van der Waals surface area contributed by atoms with Gasteiger partial charge in [0.1, 0.15) is 5.82 Å². The summed E-state index contributed by atoms with van der Waals surface area (Å²) >= 11 is 0. The predicted octanol–water partition coefficient (Wildman–Crippen LogP) is 3.22. The molecule has 0 radical (unpaired) electrons. The maximum Gasteiger partial charge on any atom is 0.105 e. The molecule has 0 N–H and O–H groups in total. The Morgan fingerprint density at radius 2 is 1.88 bits per heavy atom. The Morgan fingerprint density at radius 3 is 2.58 bits per heavy atom. The van der Waals surface area contributed by atoms with Crippen molar-refractivity contribution in [3.8, 4) is 11.4 Å². The first kappa shape index (κ1) is 17.7. The van der Waals surface area contributed by atoms with Crippen molar-refractivity contribution >= 4 is 0 Å². The van der Waals surface area contributed by atoms with Gasteiger partial charge in [-0.3, -0.25) is 4.98 Å². The third kappa shape index (κ3) is 3.84. The van der Waals surface area contributed by atoms with Crippen LogP contribution in [0.4, 0.5) is 0 Å². The SMILES string of the molecule is Cc1ncc(-c2cc(CC3CCN(C4CCOCC4)CC3)ccn2)n1C. The van der Waals surface area contributed by atoms with Crippen LogP contribution < -0.4 is 0 Å². The second kappa shape index (κ2) is 7.89. The van der Waals surface area contributed by atoms with Gasteiger partial charge < -0.3 is 14.2 Å². The maximum atomic E-state index is 5.51. The Hall–Kier alpha value is -1.72. The fraction of sp³-hybridized carbons (Fsp3) is 0.619.